The van der Waals surface area contributed by atoms with Crippen LogP contribution in [0.25, 0.3) is 0 Å². The first kappa shape index (κ1) is 21.2. The summed E-state index contributed by atoms with van der Waals surface area (Å²) < 4.78 is 35.3. The third-order valence-corrected chi connectivity index (χ3v) is 4.13. The molecule has 0 amide bonds. The van der Waals surface area contributed by atoms with Gasteiger partial charge in [-0.15, -0.1) is 24.0 Å². The van der Waals surface area contributed by atoms with Gasteiger partial charge in [-0.1, -0.05) is 35.9 Å². The van der Waals surface area contributed by atoms with Gasteiger partial charge in [-0.2, -0.15) is 8.78 Å². The minimum atomic E-state index is -2.88. The Hall–Kier alpha value is -2.10. The number of para-hydroxylation sites is 1. The molecule has 5 nitrogen and oxygen atoms in total. The number of ether oxygens (including phenoxy) is 2. The number of nitrogens with zero attached hydrogens (tertiary/aromatic N) is 1. The average molecular weight is 489 g/mol. The molecule has 1 atom stereocenters. The minimum absolute atomic E-state index is 0. The number of benzene rings is 2. The molecular weight excluding hydrogens is 467 g/mol. The largest absolute Gasteiger partial charge is 0.493 e. The first-order valence-electron chi connectivity index (χ1n) is 8.35. The first-order chi connectivity index (χ1) is 12.5. The molecule has 0 fully saturated rings. The number of hydrogen-bond donors (Lipinski definition) is 2. The highest BCUT2D eigenvalue weighted by molar-refractivity contribution is 14.0. The van der Waals surface area contributed by atoms with Crippen LogP contribution in [-0.2, 0) is 6.54 Å². The number of hydrogen-bond acceptors (Lipinski definition) is 3. The van der Waals surface area contributed by atoms with Crippen LogP contribution in [0.3, 0.4) is 0 Å². The number of nitrogens with one attached hydrogen (secondary N) is 1. The molecule has 0 saturated heterocycles. The second-order valence-electron chi connectivity index (χ2n) is 6.06. The van der Waals surface area contributed by atoms with E-state index in [4.69, 9.17) is 10.5 Å². The predicted molar refractivity (Wildman–Crippen MR) is 111 cm³/mol. The highest BCUT2D eigenvalue weighted by Gasteiger charge is 2.21. The van der Waals surface area contributed by atoms with Gasteiger partial charge in [0.05, 0.1) is 19.2 Å². The molecule has 2 aromatic rings. The second kappa shape index (κ2) is 9.72. The van der Waals surface area contributed by atoms with Crippen molar-refractivity contribution in [1.29, 1.82) is 0 Å². The van der Waals surface area contributed by atoms with Gasteiger partial charge < -0.3 is 20.5 Å². The lowest BCUT2D eigenvalue weighted by Gasteiger charge is -2.27. The van der Waals surface area contributed by atoms with E-state index in [0.717, 1.165) is 23.3 Å². The summed E-state index contributed by atoms with van der Waals surface area (Å²) in [6, 6.07) is 12.7. The Balaban J connectivity index is 0.00000261. The van der Waals surface area contributed by atoms with Gasteiger partial charge in [0.1, 0.15) is 11.5 Å². The molecule has 0 radical (unpaired) electrons. The Morgan fingerprint density at radius 2 is 2.11 bits per heavy atom. The molecule has 1 unspecified atom stereocenters. The molecule has 3 rings (SSSR count). The Morgan fingerprint density at radius 3 is 2.89 bits per heavy atom. The topological polar surface area (TPSA) is 68.9 Å². The van der Waals surface area contributed by atoms with Crippen molar-refractivity contribution < 1.29 is 18.3 Å². The van der Waals surface area contributed by atoms with Gasteiger partial charge in [0.2, 0.25) is 0 Å². The number of rotatable bonds is 5. The van der Waals surface area contributed by atoms with Crippen LogP contribution >= 0.6 is 24.0 Å². The number of nitrogens with two attached hydrogens (primary N) is 1. The Bertz CT molecular complexity index is 802. The van der Waals surface area contributed by atoms with Crippen LogP contribution in [0, 0.1) is 6.92 Å². The van der Waals surface area contributed by atoms with Crippen LogP contribution in [0.2, 0.25) is 0 Å². The maximum atomic E-state index is 12.5. The van der Waals surface area contributed by atoms with Crippen molar-refractivity contribution in [3.8, 4) is 11.5 Å². The van der Waals surface area contributed by atoms with E-state index in [2.05, 4.69) is 15.0 Å². The molecule has 146 valence electrons. The van der Waals surface area contributed by atoms with Crippen LogP contribution in [0.1, 0.15) is 29.2 Å². The van der Waals surface area contributed by atoms with Crippen molar-refractivity contribution in [1.82, 2.24) is 5.32 Å². The van der Waals surface area contributed by atoms with Crippen LogP contribution in [0.4, 0.5) is 8.78 Å². The highest BCUT2D eigenvalue weighted by Crippen LogP contribution is 2.31. The molecule has 1 aliphatic rings. The number of halogens is 3. The smallest absolute Gasteiger partial charge is 0.387 e. The SMILES string of the molecule is Cc1ccc(OC(F)F)c(CN=C(N)NC2CCOc3ccccc32)c1.I. The molecule has 8 heteroatoms. The zero-order valence-electron chi connectivity index (χ0n) is 14.8. The lowest BCUT2D eigenvalue weighted by molar-refractivity contribution is -0.0504. The molecule has 0 bridgehead atoms. The van der Waals surface area contributed by atoms with Gasteiger partial charge in [0.15, 0.2) is 5.96 Å². The van der Waals surface area contributed by atoms with E-state index in [1.54, 1.807) is 12.1 Å². The Morgan fingerprint density at radius 1 is 1.33 bits per heavy atom. The molecule has 1 aliphatic heterocycles. The van der Waals surface area contributed by atoms with Crippen LogP contribution in [-0.4, -0.2) is 19.2 Å². The van der Waals surface area contributed by atoms with Gasteiger partial charge in [-0.3, -0.25) is 0 Å². The standard InChI is InChI=1S/C19H21F2N3O2.HI/c1-12-6-7-16(26-18(20)21)13(10-12)11-23-19(22)24-15-8-9-25-17-5-3-2-4-14(15)17;/h2-7,10,15,18H,8-9,11H2,1H3,(H3,22,23,24);1H. The number of aryl methyl sites for hydroxylation is 1. The van der Waals surface area contributed by atoms with Crippen LogP contribution in [0.5, 0.6) is 11.5 Å². The average Bonchev–Trinajstić information content (AvgIpc) is 2.62. The molecule has 3 N–H and O–H groups in total. The Labute approximate surface area is 174 Å². The molecule has 0 spiro atoms. The third-order valence-electron chi connectivity index (χ3n) is 4.13. The first-order valence-corrected chi connectivity index (χ1v) is 8.35. The number of alkyl halides is 2. The summed E-state index contributed by atoms with van der Waals surface area (Å²) in [4.78, 5) is 4.29. The summed E-state index contributed by atoms with van der Waals surface area (Å²) in [6.45, 7) is -0.269. The number of aliphatic imine (C=N–C) groups is 1. The summed E-state index contributed by atoms with van der Waals surface area (Å²) in [5, 5.41) is 3.18. The number of fused-ring (bicyclic) bond motifs is 1. The number of guanidine groups is 1. The quantitative estimate of drug-likeness (QED) is 0.377. The molecule has 1 heterocycles. The zero-order valence-corrected chi connectivity index (χ0v) is 17.2. The maximum Gasteiger partial charge on any atom is 0.387 e. The molecule has 0 aliphatic carbocycles. The van der Waals surface area contributed by atoms with E-state index in [0.29, 0.717) is 12.2 Å². The predicted octanol–water partition coefficient (Wildman–Crippen LogP) is 4.14. The van der Waals surface area contributed by atoms with E-state index in [9.17, 15) is 8.78 Å². The van der Waals surface area contributed by atoms with Crippen molar-refractivity contribution in [3.05, 3.63) is 59.2 Å². The van der Waals surface area contributed by atoms with E-state index in [1.807, 2.05) is 31.2 Å². The third kappa shape index (κ3) is 5.69. The van der Waals surface area contributed by atoms with Gasteiger partial charge in [-0.05, 0) is 19.1 Å². The highest BCUT2D eigenvalue weighted by atomic mass is 127. The van der Waals surface area contributed by atoms with E-state index in [1.165, 1.54) is 6.07 Å². The van der Waals surface area contributed by atoms with Crippen LogP contribution in [0.15, 0.2) is 47.5 Å². The summed E-state index contributed by atoms with van der Waals surface area (Å²) >= 11 is 0. The van der Waals surface area contributed by atoms with Crippen LogP contribution < -0.4 is 20.5 Å². The van der Waals surface area contributed by atoms with Gasteiger partial charge in [0.25, 0.3) is 0 Å². The Kier molecular flexibility index (Phi) is 7.64. The van der Waals surface area contributed by atoms with Gasteiger partial charge >= 0.3 is 6.61 Å². The van der Waals surface area contributed by atoms with E-state index < -0.39 is 6.61 Å². The summed E-state index contributed by atoms with van der Waals surface area (Å²) in [5.74, 6) is 1.19. The minimum Gasteiger partial charge on any atom is -0.493 e. The fourth-order valence-corrected chi connectivity index (χ4v) is 2.93. The van der Waals surface area contributed by atoms with Crippen molar-refractivity contribution in [2.75, 3.05) is 6.61 Å². The maximum absolute atomic E-state index is 12.5. The fraction of sp³-hybridized carbons (Fsp3) is 0.316. The molecule has 27 heavy (non-hydrogen) atoms. The molecular formula is C19H22F2IN3O2. The van der Waals surface area contributed by atoms with Crippen molar-refractivity contribution >= 4 is 29.9 Å². The lowest BCUT2D eigenvalue weighted by Crippen LogP contribution is -2.37. The normalized spacial score (nSPS) is 16.1. The van der Waals surface area contributed by atoms with Crippen molar-refractivity contribution in [2.24, 2.45) is 10.7 Å². The summed E-state index contributed by atoms with van der Waals surface area (Å²) in [5.41, 5.74) is 8.52. The van der Waals surface area contributed by atoms with E-state index >= 15 is 0 Å². The molecule has 2 aromatic carbocycles. The van der Waals surface area contributed by atoms with E-state index in [-0.39, 0.29) is 48.3 Å². The summed E-state index contributed by atoms with van der Waals surface area (Å²) in [7, 11) is 0. The molecule has 0 saturated carbocycles. The van der Waals surface area contributed by atoms with Gasteiger partial charge in [0, 0.05) is 17.5 Å². The second-order valence-corrected chi connectivity index (χ2v) is 6.06. The zero-order chi connectivity index (χ0) is 18.5. The fourth-order valence-electron chi connectivity index (χ4n) is 2.93. The van der Waals surface area contributed by atoms with Gasteiger partial charge in [-0.25, -0.2) is 4.99 Å². The van der Waals surface area contributed by atoms with Crippen molar-refractivity contribution in [3.63, 3.8) is 0 Å². The molecule has 0 aromatic heterocycles. The lowest BCUT2D eigenvalue weighted by atomic mass is 10.0. The van der Waals surface area contributed by atoms with Crippen molar-refractivity contribution in [2.45, 2.75) is 32.5 Å². The monoisotopic (exact) mass is 489 g/mol. The summed E-state index contributed by atoms with van der Waals surface area (Å²) in [6.07, 6.45) is 0.761.